The minimum Gasteiger partial charge on any atom is -0.481 e. The lowest BCUT2D eigenvalue weighted by Gasteiger charge is -2.17. The molecule has 0 aliphatic heterocycles. The van der Waals surface area contributed by atoms with Crippen molar-refractivity contribution in [3.8, 4) is 5.75 Å². The van der Waals surface area contributed by atoms with Crippen LogP contribution in [0.15, 0.2) is 48.5 Å². The topological polar surface area (TPSA) is 38.3 Å². The summed E-state index contributed by atoms with van der Waals surface area (Å²) in [7, 11) is 0. The highest BCUT2D eigenvalue weighted by molar-refractivity contribution is 6.30. The average molecular weight is 358 g/mol. The second-order valence-electron chi connectivity index (χ2n) is 5.03. The molecular formula is C17H15ClF3NO2. The van der Waals surface area contributed by atoms with Crippen LogP contribution in [0.1, 0.15) is 18.9 Å². The summed E-state index contributed by atoms with van der Waals surface area (Å²) in [5.74, 6) is 0.0426. The monoisotopic (exact) mass is 357 g/mol. The van der Waals surface area contributed by atoms with Gasteiger partial charge in [-0.15, -0.1) is 0 Å². The minimum atomic E-state index is -4.41. The van der Waals surface area contributed by atoms with Crippen LogP contribution in [-0.4, -0.2) is 12.0 Å². The number of carbonyl (C=O) groups excluding carboxylic acids is 1. The van der Waals surface area contributed by atoms with Crippen LogP contribution in [0.4, 0.5) is 18.9 Å². The molecule has 24 heavy (non-hydrogen) atoms. The first-order chi connectivity index (χ1) is 11.3. The molecule has 1 atom stereocenters. The number of hydrogen-bond donors (Lipinski definition) is 1. The smallest absolute Gasteiger partial charge is 0.416 e. The Hall–Kier alpha value is -2.21. The number of rotatable bonds is 5. The van der Waals surface area contributed by atoms with E-state index >= 15 is 0 Å². The highest BCUT2D eigenvalue weighted by Gasteiger charge is 2.30. The molecule has 2 aromatic carbocycles. The Kier molecular flexibility index (Phi) is 5.72. The van der Waals surface area contributed by atoms with Crippen LogP contribution >= 0.6 is 11.6 Å². The fourth-order valence-corrected chi connectivity index (χ4v) is 2.09. The lowest BCUT2D eigenvalue weighted by molar-refractivity contribution is -0.137. The SMILES string of the molecule is CC[C@H](Oc1ccc(Cl)cc1)C(=O)Nc1ccc(C(F)(F)F)cc1. The number of carbonyl (C=O) groups is 1. The van der Waals surface area contributed by atoms with Crippen LogP contribution in [0.25, 0.3) is 0 Å². The number of alkyl halides is 3. The zero-order valence-electron chi connectivity index (χ0n) is 12.7. The number of ether oxygens (including phenoxy) is 1. The van der Waals surface area contributed by atoms with Crippen LogP contribution in [0, 0.1) is 0 Å². The van der Waals surface area contributed by atoms with E-state index in [-0.39, 0.29) is 5.69 Å². The predicted molar refractivity (Wildman–Crippen MR) is 86.2 cm³/mol. The van der Waals surface area contributed by atoms with Gasteiger partial charge in [-0.2, -0.15) is 13.2 Å². The van der Waals surface area contributed by atoms with E-state index in [1.54, 1.807) is 31.2 Å². The number of amides is 1. The number of benzene rings is 2. The molecule has 7 heteroatoms. The summed E-state index contributed by atoms with van der Waals surface area (Å²) in [6.45, 7) is 1.77. The summed E-state index contributed by atoms with van der Waals surface area (Å²) in [6.07, 6.45) is -4.78. The third kappa shape index (κ3) is 4.89. The van der Waals surface area contributed by atoms with E-state index in [1.165, 1.54) is 12.1 Å². The van der Waals surface area contributed by atoms with Crippen molar-refractivity contribution in [3.05, 3.63) is 59.1 Å². The van der Waals surface area contributed by atoms with Gasteiger partial charge in [0, 0.05) is 10.7 Å². The highest BCUT2D eigenvalue weighted by atomic mass is 35.5. The van der Waals surface area contributed by atoms with Gasteiger partial charge in [0.2, 0.25) is 0 Å². The summed E-state index contributed by atoms with van der Waals surface area (Å²) in [5.41, 5.74) is -0.504. The number of halogens is 4. The second kappa shape index (κ2) is 7.57. The van der Waals surface area contributed by atoms with E-state index in [1.807, 2.05) is 0 Å². The van der Waals surface area contributed by atoms with Crippen molar-refractivity contribution in [3.63, 3.8) is 0 Å². The first-order valence-electron chi connectivity index (χ1n) is 7.20. The van der Waals surface area contributed by atoms with Gasteiger partial charge in [-0.25, -0.2) is 0 Å². The summed E-state index contributed by atoms with van der Waals surface area (Å²) in [6, 6.07) is 10.8. The fraction of sp³-hybridized carbons (Fsp3) is 0.235. The molecule has 0 bridgehead atoms. The molecule has 0 spiro atoms. The second-order valence-corrected chi connectivity index (χ2v) is 5.47. The maximum absolute atomic E-state index is 12.5. The zero-order chi connectivity index (χ0) is 17.7. The van der Waals surface area contributed by atoms with Crippen LogP contribution in [0.5, 0.6) is 5.75 Å². The number of hydrogen-bond acceptors (Lipinski definition) is 2. The third-order valence-corrected chi connectivity index (χ3v) is 3.49. The molecule has 0 radical (unpaired) electrons. The Morgan fingerprint density at radius 2 is 1.71 bits per heavy atom. The molecule has 0 aromatic heterocycles. The van der Waals surface area contributed by atoms with Crippen molar-refractivity contribution in [1.82, 2.24) is 0 Å². The van der Waals surface area contributed by atoms with E-state index in [4.69, 9.17) is 16.3 Å². The highest BCUT2D eigenvalue weighted by Crippen LogP contribution is 2.29. The Morgan fingerprint density at radius 1 is 1.12 bits per heavy atom. The molecule has 3 nitrogen and oxygen atoms in total. The Bertz CT molecular complexity index is 684. The molecule has 0 aliphatic carbocycles. The first-order valence-corrected chi connectivity index (χ1v) is 7.57. The summed E-state index contributed by atoms with van der Waals surface area (Å²) in [5, 5.41) is 3.09. The molecule has 2 rings (SSSR count). The molecule has 1 amide bonds. The van der Waals surface area contributed by atoms with Gasteiger partial charge in [-0.3, -0.25) is 4.79 Å². The lowest BCUT2D eigenvalue weighted by Crippen LogP contribution is -2.32. The van der Waals surface area contributed by atoms with Gasteiger partial charge < -0.3 is 10.1 Å². The maximum atomic E-state index is 12.5. The Labute approximate surface area is 142 Å². The molecule has 0 saturated heterocycles. The van der Waals surface area contributed by atoms with E-state index < -0.39 is 23.8 Å². The molecule has 0 unspecified atom stereocenters. The molecule has 0 aliphatic rings. The molecule has 0 saturated carbocycles. The predicted octanol–water partition coefficient (Wildman–Crippen LogP) is 5.15. The molecule has 0 heterocycles. The van der Waals surface area contributed by atoms with E-state index in [0.29, 0.717) is 17.2 Å². The number of anilines is 1. The van der Waals surface area contributed by atoms with Crippen molar-refractivity contribution in [2.75, 3.05) is 5.32 Å². The van der Waals surface area contributed by atoms with Crippen molar-refractivity contribution < 1.29 is 22.7 Å². The lowest BCUT2D eigenvalue weighted by atomic mass is 10.2. The van der Waals surface area contributed by atoms with Crippen molar-refractivity contribution in [2.24, 2.45) is 0 Å². The molecular weight excluding hydrogens is 343 g/mol. The standard InChI is InChI=1S/C17H15ClF3NO2/c1-2-15(24-14-9-5-12(18)6-10-14)16(23)22-13-7-3-11(4-8-13)17(19,20)21/h3-10,15H,2H2,1H3,(H,22,23)/t15-/m0/s1. The average Bonchev–Trinajstić information content (AvgIpc) is 2.54. The van der Waals surface area contributed by atoms with Crippen LogP contribution in [0.2, 0.25) is 5.02 Å². The van der Waals surface area contributed by atoms with Gasteiger partial charge in [0.1, 0.15) is 5.75 Å². The normalized spacial score (nSPS) is 12.5. The van der Waals surface area contributed by atoms with Crippen molar-refractivity contribution in [1.29, 1.82) is 0 Å². The van der Waals surface area contributed by atoms with Gasteiger partial charge >= 0.3 is 6.18 Å². The summed E-state index contributed by atoms with van der Waals surface area (Å²) < 4.78 is 43.1. The maximum Gasteiger partial charge on any atom is 0.416 e. The molecule has 2 aromatic rings. The van der Waals surface area contributed by atoms with Gasteiger partial charge in [-0.05, 0) is 55.0 Å². The largest absolute Gasteiger partial charge is 0.481 e. The van der Waals surface area contributed by atoms with Crippen LogP contribution in [0.3, 0.4) is 0 Å². The summed E-state index contributed by atoms with van der Waals surface area (Å²) >= 11 is 5.78. The van der Waals surface area contributed by atoms with Gasteiger partial charge in [0.15, 0.2) is 6.10 Å². The Morgan fingerprint density at radius 3 is 2.21 bits per heavy atom. The minimum absolute atomic E-state index is 0.270. The van der Waals surface area contributed by atoms with Crippen LogP contribution < -0.4 is 10.1 Å². The fourth-order valence-electron chi connectivity index (χ4n) is 1.96. The first kappa shape index (κ1) is 18.1. The van der Waals surface area contributed by atoms with Crippen LogP contribution in [-0.2, 0) is 11.0 Å². The van der Waals surface area contributed by atoms with E-state index in [9.17, 15) is 18.0 Å². The van der Waals surface area contributed by atoms with Crippen molar-refractivity contribution in [2.45, 2.75) is 25.6 Å². The molecule has 0 fully saturated rings. The third-order valence-electron chi connectivity index (χ3n) is 3.23. The number of nitrogens with one attached hydrogen (secondary N) is 1. The van der Waals surface area contributed by atoms with Gasteiger partial charge in [0.25, 0.3) is 5.91 Å². The van der Waals surface area contributed by atoms with Gasteiger partial charge in [0.05, 0.1) is 5.56 Å². The molecule has 128 valence electrons. The van der Waals surface area contributed by atoms with Gasteiger partial charge in [-0.1, -0.05) is 18.5 Å². The van der Waals surface area contributed by atoms with E-state index in [2.05, 4.69) is 5.32 Å². The molecule has 1 N–H and O–H groups in total. The van der Waals surface area contributed by atoms with E-state index in [0.717, 1.165) is 12.1 Å². The summed E-state index contributed by atoms with van der Waals surface area (Å²) in [4.78, 5) is 12.2. The quantitative estimate of drug-likeness (QED) is 0.803. The van der Waals surface area contributed by atoms with Crippen molar-refractivity contribution >= 4 is 23.2 Å². The Balaban J connectivity index is 2.02. The zero-order valence-corrected chi connectivity index (χ0v) is 13.5.